The van der Waals surface area contributed by atoms with Crippen LogP contribution in [0.1, 0.15) is 16.8 Å². The van der Waals surface area contributed by atoms with Crippen molar-refractivity contribution in [3.05, 3.63) is 30.2 Å². The zero-order valence-corrected chi connectivity index (χ0v) is 10.2. The molecule has 0 saturated heterocycles. The summed E-state index contributed by atoms with van der Waals surface area (Å²) in [5.74, 6) is -0.737. The highest BCUT2D eigenvalue weighted by Crippen LogP contribution is 2.15. The van der Waals surface area contributed by atoms with Crippen molar-refractivity contribution in [1.82, 2.24) is 20.0 Å². The normalized spacial score (nSPS) is 10.3. The highest BCUT2D eigenvalue weighted by atomic mass is 16.4. The molecule has 100 valence electrons. The largest absolute Gasteiger partial charge is 0.478 e. The SMILES string of the molecule is Nc1cnc(NCCCn2ccnn2)c(C(=O)O)c1. The van der Waals surface area contributed by atoms with Gasteiger partial charge in [-0.15, -0.1) is 5.10 Å². The van der Waals surface area contributed by atoms with E-state index in [2.05, 4.69) is 20.6 Å². The first-order chi connectivity index (χ1) is 9.16. The Morgan fingerprint density at radius 2 is 2.37 bits per heavy atom. The standard InChI is InChI=1S/C11H14N6O2/c12-8-6-9(11(18)19)10(14-7-8)13-2-1-4-17-5-3-15-16-17/h3,5-7H,1-2,4,12H2,(H,13,14)(H,18,19). The zero-order valence-electron chi connectivity index (χ0n) is 10.2. The van der Waals surface area contributed by atoms with Crippen LogP contribution in [0.3, 0.4) is 0 Å². The lowest BCUT2D eigenvalue weighted by Gasteiger charge is -2.08. The Kier molecular flexibility index (Phi) is 3.91. The number of anilines is 2. The molecule has 8 nitrogen and oxygen atoms in total. The van der Waals surface area contributed by atoms with Crippen molar-refractivity contribution in [2.45, 2.75) is 13.0 Å². The van der Waals surface area contributed by atoms with E-state index in [1.165, 1.54) is 12.3 Å². The van der Waals surface area contributed by atoms with Crippen LogP contribution < -0.4 is 11.1 Å². The average Bonchev–Trinajstić information content (AvgIpc) is 2.89. The Bertz CT molecular complexity index is 554. The maximum atomic E-state index is 11.0. The van der Waals surface area contributed by atoms with Gasteiger partial charge in [0, 0.05) is 19.3 Å². The Morgan fingerprint density at radius 1 is 1.53 bits per heavy atom. The number of aromatic nitrogens is 4. The van der Waals surface area contributed by atoms with Crippen molar-refractivity contribution in [3.8, 4) is 0 Å². The number of pyridine rings is 1. The molecule has 2 aromatic rings. The highest BCUT2D eigenvalue weighted by Gasteiger charge is 2.11. The van der Waals surface area contributed by atoms with Gasteiger partial charge in [0.2, 0.25) is 0 Å². The predicted octanol–water partition coefficient (Wildman–Crippen LogP) is 0.456. The quantitative estimate of drug-likeness (QED) is 0.647. The van der Waals surface area contributed by atoms with Gasteiger partial charge < -0.3 is 16.2 Å². The molecule has 19 heavy (non-hydrogen) atoms. The summed E-state index contributed by atoms with van der Waals surface area (Å²) in [5, 5.41) is 19.5. The van der Waals surface area contributed by atoms with Crippen LogP contribution in [0, 0.1) is 0 Å². The molecule has 0 fully saturated rings. The van der Waals surface area contributed by atoms with Gasteiger partial charge in [-0.2, -0.15) is 0 Å². The van der Waals surface area contributed by atoms with Crippen LogP contribution in [0.2, 0.25) is 0 Å². The van der Waals surface area contributed by atoms with Gasteiger partial charge in [0.15, 0.2) is 0 Å². The fourth-order valence-electron chi connectivity index (χ4n) is 1.58. The number of nitrogens with zero attached hydrogens (tertiary/aromatic N) is 4. The van der Waals surface area contributed by atoms with Crippen LogP contribution in [-0.4, -0.2) is 37.6 Å². The first-order valence-corrected chi connectivity index (χ1v) is 5.73. The van der Waals surface area contributed by atoms with E-state index in [1.54, 1.807) is 17.1 Å². The fraction of sp³-hybridized carbons (Fsp3) is 0.273. The van der Waals surface area contributed by atoms with Crippen molar-refractivity contribution in [2.24, 2.45) is 0 Å². The molecule has 2 heterocycles. The third kappa shape index (κ3) is 3.41. The lowest BCUT2D eigenvalue weighted by atomic mass is 10.2. The molecule has 4 N–H and O–H groups in total. The van der Waals surface area contributed by atoms with Gasteiger partial charge in [-0.1, -0.05) is 5.21 Å². The molecule has 0 spiro atoms. The minimum atomic E-state index is -1.06. The first kappa shape index (κ1) is 12.8. The number of nitrogen functional groups attached to an aromatic ring is 1. The number of rotatable bonds is 6. The number of carboxylic acid groups (broad SMARTS) is 1. The van der Waals surface area contributed by atoms with Gasteiger partial charge in [0.05, 0.1) is 18.1 Å². The average molecular weight is 262 g/mol. The Balaban J connectivity index is 1.90. The Hall–Kier alpha value is -2.64. The summed E-state index contributed by atoms with van der Waals surface area (Å²) in [6.45, 7) is 1.28. The first-order valence-electron chi connectivity index (χ1n) is 5.73. The predicted molar refractivity (Wildman–Crippen MR) is 68.7 cm³/mol. The molecule has 0 bridgehead atoms. The molecule has 0 aliphatic rings. The van der Waals surface area contributed by atoms with E-state index in [1.807, 2.05) is 0 Å². The van der Waals surface area contributed by atoms with Crippen LogP contribution in [0.5, 0.6) is 0 Å². The molecular formula is C11H14N6O2. The van der Waals surface area contributed by atoms with Crippen molar-refractivity contribution < 1.29 is 9.90 Å². The summed E-state index contributed by atoms with van der Waals surface area (Å²) in [5.41, 5.74) is 5.91. The van der Waals surface area contributed by atoms with Crippen molar-refractivity contribution in [3.63, 3.8) is 0 Å². The van der Waals surface area contributed by atoms with Crippen LogP contribution in [0.15, 0.2) is 24.7 Å². The third-order valence-corrected chi connectivity index (χ3v) is 2.47. The second-order valence-electron chi connectivity index (χ2n) is 3.92. The number of nitrogens with two attached hydrogens (primary N) is 1. The molecule has 0 aromatic carbocycles. The smallest absolute Gasteiger partial charge is 0.339 e. The summed E-state index contributed by atoms with van der Waals surface area (Å²) < 4.78 is 1.70. The van der Waals surface area contributed by atoms with Gasteiger partial charge in [0.25, 0.3) is 0 Å². The lowest BCUT2D eigenvalue weighted by molar-refractivity contribution is 0.0697. The van der Waals surface area contributed by atoms with Crippen molar-refractivity contribution in [1.29, 1.82) is 0 Å². The van der Waals surface area contributed by atoms with E-state index in [0.29, 0.717) is 24.6 Å². The summed E-state index contributed by atoms with van der Waals surface area (Å²) in [6.07, 6.45) is 5.57. The topological polar surface area (TPSA) is 119 Å². The number of carboxylic acids is 1. The molecular weight excluding hydrogens is 248 g/mol. The Labute approximate surface area is 109 Å². The minimum Gasteiger partial charge on any atom is -0.478 e. The van der Waals surface area contributed by atoms with E-state index in [0.717, 1.165) is 6.42 Å². The van der Waals surface area contributed by atoms with Crippen LogP contribution >= 0.6 is 0 Å². The van der Waals surface area contributed by atoms with Gasteiger partial charge >= 0.3 is 5.97 Å². The van der Waals surface area contributed by atoms with Crippen LogP contribution in [0.25, 0.3) is 0 Å². The number of nitrogens with one attached hydrogen (secondary N) is 1. The van der Waals surface area contributed by atoms with Gasteiger partial charge in [-0.25, -0.2) is 9.78 Å². The monoisotopic (exact) mass is 262 g/mol. The summed E-state index contributed by atoms with van der Waals surface area (Å²) in [4.78, 5) is 15.0. The summed E-state index contributed by atoms with van der Waals surface area (Å²) >= 11 is 0. The summed E-state index contributed by atoms with van der Waals surface area (Å²) in [6, 6.07) is 1.38. The van der Waals surface area contributed by atoms with E-state index in [9.17, 15) is 4.79 Å². The molecule has 0 radical (unpaired) electrons. The van der Waals surface area contributed by atoms with Gasteiger partial charge in [-0.05, 0) is 12.5 Å². The van der Waals surface area contributed by atoms with E-state index < -0.39 is 5.97 Å². The number of hydrogen-bond donors (Lipinski definition) is 3. The Morgan fingerprint density at radius 3 is 3.05 bits per heavy atom. The van der Waals surface area contributed by atoms with E-state index >= 15 is 0 Å². The third-order valence-electron chi connectivity index (χ3n) is 2.47. The fourth-order valence-corrected chi connectivity index (χ4v) is 1.58. The van der Waals surface area contributed by atoms with Crippen LogP contribution in [-0.2, 0) is 6.54 Å². The number of carbonyl (C=O) groups is 1. The second kappa shape index (κ2) is 5.80. The molecule has 0 atom stereocenters. The minimum absolute atomic E-state index is 0.0701. The van der Waals surface area contributed by atoms with Crippen LogP contribution in [0.4, 0.5) is 11.5 Å². The highest BCUT2D eigenvalue weighted by molar-refractivity contribution is 5.94. The number of aryl methyl sites for hydroxylation is 1. The molecule has 0 saturated carbocycles. The number of hydrogen-bond acceptors (Lipinski definition) is 6. The van der Waals surface area contributed by atoms with Crippen molar-refractivity contribution in [2.75, 3.05) is 17.6 Å². The molecule has 2 rings (SSSR count). The molecule has 0 unspecified atom stereocenters. The maximum absolute atomic E-state index is 11.0. The summed E-state index contributed by atoms with van der Waals surface area (Å²) in [7, 11) is 0. The molecule has 0 aliphatic carbocycles. The lowest BCUT2D eigenvalue weighted by Crippen LogP contribution is -2.12. The van der Waals surface area contributed by atoms with E-state index in [4.69, 9.17) is 10.8 Å². The molecule has 0 aliphatic heterocycles. The second-order valence-corrected chi connectivity index (χ2v) is 3.92. The van der Waals surface area contributed by atoms with Gasteiger partial charge in [-0.3, -0.25) is 4.68 Å². The van der Waals surface area contributed by atoms with E-state index in [-0.39, 0.29) is 5.56 Å². The number of aromatic carboxylic acids is 1. The van der Waals surface area contributed by atoms with Crippen molar-refractivity contribution >= 4 is 17.5 Å². The molecule has 2 aromatic heterocycles. The molecule has 8 heteroatoms. The van der Waals surface area contributed by atoms with Gasteiger partial charge in [0.1, 0.15) is 11.4 Å². The zero-order chi connectivity index (χ0) is 13.7. The maximum Gasteiger partial charge on any atom is 0.339 e. The molecule has 0 amide bonds.